The molecule has 0 bridgehead atoms. The van der Waals surface area contributed by atoms with Crippen LogP contribution in [0.1, 0.15) is 10.4 Å². The highest BCUT2D eigenvalue weighted by molar-refractivity contribution is 5.97. The van der Waals surface area contributed by atoms with E-state index in [1.165, 1.54) is 12.1 Å². The molecule has 3 aromatic rings. The summed E-state index contributed by atoms with van der Waals surface area (Å²) < 4.78 is 19.0. The highest BCUT2D eigenvalue weighted by Gasteiger charge is 2.18. The van der Waals surface area contributed by atoms with Gasteiger partial charge in [-0.15, -0.1) is 0 Å². The van der Waals surface area contributed by atoms with E-state index in [1.807, 2.05) is 54.6 Å². The number of hydrogen-bond donors (Lipinski definition) is 1. The van der Waals surface area contributed by atoms with Crippen LogP contribution in [0.25, 0.3) is 0 Å². The summed E-state index contributed by atoms with van der Waals surface area (Å²) in [5.74, 6) is 0.881. The maximum absolute atomic E-state index is 13.1. The number of carbonyl (C=O) groups is 1. The van der Waals surface area contributed by atoms with E-state index in [-0.39, 0.29) is 11.7 Å². The lowest BCUT2D eigenvalue weighted by Gasteiger charge is -2.36. The van der Waals surface area contributed by atoms with Gasteiger partial charge in [-0.1, -0.05) is 30.3 Å². The first kappa shape index (κ1) is 20.9. The first-order valence-electron chi connectivity index (χ1n) is 10.5. The molecule has 1 fully saturated rings. The van der Waals surface area contributed by atoms with Gasteiger partial charge in [-0.05, 0) is 48.5 Å². The van der Waals surface area contributed by atoms with Crippen LogP contribution in [0.2, 0.25) is 0 Å². The molecule has 1 aliphatic rings. The van der Waals surface area contributed by atoms with E-state index >= 15 is 0 Å². The van der Waals surface area contributed by atoms with E-state index in [9.17, 15) is 9.18 Å². The van der Waals surface area contributed by atoms with Gasteiger partial charge in [0, 0.05) is 45.0 Å². The fourth-order valence-corrected chi connectivity index (χ4v) is 3.66. The largest absolute Gasteiger partial charge is 0.457 e. The summed E-state index contributed by atoms with van der Waals surface area (Å²) >= 11 is 0. The van der Waals surface area contributed by atoms with E-state index in [1.54, 1.807) is 12.1 Å². The number of carbonyl (C=O) groups excluding carboxylic acids is 1. The molecule has 1 saturated heterocycles. The Labute approximate surface area is 182 Å². The van der Waals surface area contributed by atoms with E-state index in [0.717, 1.165) is 38.4 Å². The van der Waals surface area contributed by atoms with Gasteiger partial charge in [0.25, 0.3) is 5.91 Å². The summed E-state index contributed by atoms with van der Waals surface area (Å²) in [5.41, 5.74) is 1.57. The second kappa shape index (κ2) is 10.1. The maximum Gasteiger partial charge on any atom is 0.255 e. The third-order valence-corrected chi connectivity index (χ3v) is 5.38. The molecule has 0 aromatic heterocycles. The van der Waals surface area contributed by atoms with Gasteiger partial charge in [-0.3, -0.25) is 9.69 Å². The maximum atomic E-state index is 13.1. The number of hydrogen-bond acceptors (Lipinski definition) is 4. The SMILES string of the molecule is O=C(NCCN1CCN(c2ccc(F)cc2)CC1)c1ccccc1Oc1ccccc1. The van der Waals surface area contributed by atoms with Crippen LogP contribution in [0.4, 0.5) is 10.1 Å². The minimum Gasteiger partial charge on any atom is -0.457 e. The first-order chi connectivity index (χ1) is 15.2. The van der Waals surface area contributed by atoms with Crippen molar-refractivity contribution in [2.45, 2.75) is 0 Å². The number of para-hydroxylation sites is 2. The second-order valence-corrected chi connectivity index (χ2v) is 7.47. The molecule has 0 aliphatic carbocycles. The zero-order valence-electron chi connectivity index (χ0n) is 17.3. The number of ether oxygens (including phenoxy) is 1. The van der Waals surface area contributed by atoms with Gasteiger partial charge in [0.15, 0.2) is 0 Å². The van der Waals surface area contributed by atoms with Crippen LogP contribution in [-0.4, -0.2) is 50.1 Å². The van der Waals surface area contributed by atoms with Crippen molar-refractivity contribution in [2.75, 3.05) is 44.2 Å². The van der Waals surface area contributed by atoms with Gasteiger partial charge >= 0.3 is 0 Å². The van der Waals surface area contributed by atoms with Gasteiger partial charge in [-0.25, -0.2) is 4.39 Å². The molecule has 4 rings (SSSR count). The molecule has 6 heteroatoms. The van der Waals surface area contributed by atoms with Crippen LogP contribution < -0.4 is 15.0 Å². The standard InChI is InChI=1S/C25H26FN3O2/c26-20-10-12-21(13-11-20)29-18-16-28(17-19-29)15-14-27-25(30)23-8-4-5-9-24(23)31-22-6-2-1-3-7-22/h1-13H,14-19H2,(H,27,30). The Morgan fingerprint density at radius 2 is 1.55 bits per heavy atom. The van der Waals surface area contributed by atoms with E-state index in [0.29, 0.717) is 23.6 Å². The Morgan fingerprint density at radius 3 is 2.29 bits per heavy atom. The number of nitrogens with one attached hydrogen (secondary N) is 1. The summed E-state index contributed by atoms with van der Waals surface area (Å²) in [4.78, 5) is 17.3. The highest BCUT2D eigenvalue weighted by Crippen LogP contribution is 2.25. The highest BCUT2D eigenvalue weighted by atomic mass is 19.1. The monoisotopic (exact) mass is 419 g/mol. The summed E-state index contributed by atoms with van der Waals surface area (Å²) in [7, 11) is 0. The summed E-state index contributed by atoms with van der Waals surface area (Å²) in [6.45, 7) is 4.92. The lowest BCUT2D eigenvalue weighted by Crippen LogP contribution is -2.48. The average Bonchev–Trinajstić information content (AvgIpc) is 2.81. The van der Waals surface area contributed by atoms with Crippen molar-refractivity contribution in [2.24, 2.45) is 0 Å². The number of amides is 1. The minimum atomic E-state index is -0.214. The van der Waals surface area contributed by atoms with E-state index < -0.39 is 0 Å². The van der Waals surface area contributed by atoms with Crippen molar-refractivity contribution in [1.82, 2.24) is 10.2 Å². The molecule has 0 spiro atoms. The van der Waals surface area contributed by atoms with Crippen LogP contribution in [0.5, 0.6) is 11.5 Å². The van der Waals surface area contributed by atoms with Crippen molar-refractivity contribution >= 4 is 11.6 Å². The topological polar surface area (TPSA) is 44.8 Å². The van der Waals surface area contributed by atoms with Gasteiger partial charge in [0.1, 0.15) is 17.3 Å². The molecule has 1 N–H and O–H groups in total. The predicted octanol–water partition coefficient (Wildman–Crippen LogP) is 4.17. The quantitative estimate of drug-likeness (QED) is 0.624. The predicted molar refractivity (Wildman–Crippen MR) is 120 cm³/mol. The first-order valence-corrected chi connectivity index (χ1v) is 10.5. The molecule has 0 saturated carbocycles. The molecular formula is C25H26FN3O2. The fraction of sp³-hybridized carbons (Fsp3) is 0.240. The third kappa shape index (κ3) is 5.61. The molecule has 0 radical (unpaired) electrons. The van der Waals surface area contributed by atoms with Crippen molar-refractivity contribution in [3.63, 3.8) is 0 Å². The number of anilines is 1. The summed E-state index contributed by atoms with van der Waals surface area (Å²) in [6.07, 6.45) is 0. The Hall–Kier alpha value is -3.38. The number of benzene rings is 3. The minimum absolute atomic E-state index is 0.142. The zero-order valence-corrected chi connectivity index (χ0v) is 17.3. The van der Waals surface area contributed by atoms with Gasteiger partial charge in [0.05, 0.1) is 5.56 Å². The number of nitrogens with zero attached hydrogens (tertiary/aromatic N) is 2. The molecule has 3 aromatic carbocycles. The smallest absolute Gasteiger partial charge is 0.255 e. The Bertz CT molecular complexity index is 987. The van der Waals surface area contributed by atoms with Crippen molar-refractivity contribution in [1.29, 1.82) is 0 Å². The van der Waals surface area contributed by atoms with Crippen LogP contribution in [0.3, 0.4) is 0 Å². The molecule has 1 heterocycles. The lowest BCUT2D eigenvalue weighted by atomic mass is 10.2. The second-order valence-electron chi connectivity index (χ2n) is 7.47. The molecule has 5 nitrogen and oxygen atoms in total. The van der Waals surface area contributed by atoms with E-state index in [4.69, 9.17) is 4.74 Å². The van der Waals surface area contributed by atoms with Gasteiger partial charge < -0.3 is 15.0 Å². The third-order valence-electron chi connectivity index (χ3n) is 5.38. The molecule has 31 heavy (non-hydrogen) atoms. The molecular weight excluding hydrogens is 393 g/mol. The Balaban J connectivity index is 1.25. The fourth-order valence-electron chi connectivity index (χ4n) is 3.66. The Morgan fingerprint density at radius 1 is 0.871 bits per heavy atom. The van der Waals surface area contributed by atoms with Crippen LogP contribution >= 0.6 is 0 Å². The summed E-state index contributed by atoms with van der Waals surface area (Å²) in [5, 5.41) is 3.01. The molecule has 1 amide bonds. The number of halogens is 1. The Kier molecular flexibility index (Phi) is 6.79. The molecule has 160 valence electrons. The molecule has 1 aliphatic heterocycles. The van der Waals surface area contributed by atoms with Crippen molar-refractivity contribution in [3.05, 3.63) is 90.2 Å². The normalized spacial score (nSPS) is 14.3. The summed E-state index contributed by atoms with van der Waals surface area (Å²) in [6, 6.07) is 23.3. The van der Waals surface area contributed by atoms with Crippen LogP contribution in [0, 0.1) is 5.82 Å². The van der Waals surface area contributed by atoms with E-state index in [2.05, 4.69) is 15.1 Å². The molecule has 0 atom stereocenters. The lowest BCUT2D eigenvalue weighted by molar-refractivity contribution is 0.0945. The number of piperazine rings is 1. The van der Waals surface area contributed by atoms with Gasteiger partial charge in [0.2, 0.25) is 0 Å². The van der Waals surface area contributed by atoms with Crippen LogP contribution in [0.15, 0.2) is 78.9 Å². The zero-order chi connectivity index (χ0) is 21.5. The molecule has 0 unspecified atom stereocenters. The number of rotatable bonds is 7. The van der Waals surface area contributed by atoms with Gasteiger partial charge in [-0.2, -0.15) is 0 Å². The average molecular weight is 420 g/mol. The van der Waals surface area contributed by atoms with Crippen LogP contribution in [-0.2, 0) is 0 Å². The van der Waals surface area contributed by atoms with Crippen molar-refractivity contribution < 1.29 is 13.9 Å². The van der Waals surface area contributed by atoms with Crippen molar-refractivity contribution in [3.8, 4) is 11.5 Å².